The van der Waals surface area contributed by atoms with Crippen LogP contribution in [-0.2, 0) is 4.43 Å². The number of hydrogen-bond donors (Lipinski definition) is 0. The first kappa shape index (κ1) is 13.0. The van der Waals surface area contributed by atoms with Crippen LogP contribution in [0.25, 0.3) is 0 Å². The normalized spacial score (nSPS) is 17.0. The molecule has 0 N–H and O–H groups in total. The van der Waals surface area contributed by atoms with Crippen LogP contribution in [0.4, 0.5) is 0 Å². The Morgan fingerprint density at radius 2 is 2.07 bits per heavy atom. The average molecular weight is 295 g/mol. The van der Waals surface area contributed by atoms with Crippen molar-refractivity contribution in [3.63, 3.8) is 0 Å². The summed E-state index contributed by atoms with van der Waals surface area (Å²) in [7, 11) is -1.62. The number of hydrogen-bond acceptors (Lipinski definition) is 2. The Morgan fingerprint density at radius 1 is 1.50 bits per heavy atom. The summed E-state index contributed by atoms with van der Waals surface area (Å²) < 4.78 is 26.2. The van der Waals surface area contributed by atoms with Crippen LogP contribution in [0.5, 0.6) is 0 Å². The van der Waals surface area contributed by atoms with Crippen molar-refractivity contribution in [2.75, 3.05) is 0 Å². The maximum atomic E-state index is 11.3. The Morgan fingerprint density at radius 3 is 2.50 bits per heavy atom. The van der Waals surface area contributed by atoms with E-state index in [1.54, 1.807) is 0 Å². The largest absolute Gasteiger partial charge is 2.00 e. The molecule has 80 valence electrons. The third kappa shape index (κ3) is 15.4. The van der Waals surface area contributed by atoms with Gasteiger partial charge < -0.3 is 26.5 Å². The summed E-state index contributed by atoms with van der Waals surface area (Å²) in [5, 5.41) is 11.3. The molecule has 0 saturated carbocycles. The zero-order chi connectivity index (χ0) is 12.1. The second kappa shape index (κ2) is 10.5. The Hall–Kier alpha value is 0.963. The summed E-state index contributed by atoms with van der Waals surface area (Å²) in [5.41, 5.74) is 0. The summed E-state index contributed by atoms with van der Waals surface area (Å²) in [6, 6.07) is 0. The van der Waals surface area contributed by atoms with Crippen LogP contribution < -0.4 is 22.1 Å². The zero-order valence-electron chi connectivity index (χ0n) is 12.0. The first-order valence-electron chi connectivity index (χ1n) is 5.60. The molecule has 0 radical (unpaired) electrons. The van der Waals surface area contributed by atoms with Crippen LogP contribution in [0.1, 0.15) is 23.8 Å². The van der Waals surface area contributed by atoms with E-state index < -0.39 is 21.3 Å². The summed E-state index contributed by atoms with van der Waals surface area (Å²) in [5.74, 6) is 0. The van der Waals surface area contributed by atoms with Gasteiger partial charge in [0, 0.05) is 4.11 Å². The van der Waals surface area contributed by atoms with Crippen molar-refractivity contribution >= 4 is 31.4 Å². The second-order valence-electron chi connectivity index (χ2n) is 3.64. The fourth-order valence-corrected chi connectivity index (χ4v) is 1.06. The molecule has 1 atom stereocenters. The van der Waals surface area contributed by atoms with Gasteiger partial charge in [-0.15, -0.1) is 6.10 Å². The van der Waals surface area contributed by atoms with Crippen molar-refractivity contribution in [3.05, 3.63) is 12.3 Å². The minimum atomic E-state index is -2.00. The molecule has 0 saturated heterocycles. The number of rotatable bonds is 5. The van der Waals surface area contributed by atoms with Gasteiger partial charge in [0.25, 0.3) is 0 Å². The third-order valence-corrected chi connectivity index (χ3v) is 1.99. The summed E-state index contributed by atoms with van der Waals surface area (Å²) in [6.07, 6.45) is 1.91. The van der Waals surface area contributed by atoms with E-state index in [9.17, 15) is 5.11 Å². The predicted octanol–water partition coefficient (Wildman–Crippen LogP) is -1.50. The quantitative estimate of drug-likeness (QED) is 0.457. The topological polar surface area (TPSA) is 32.3 Å². The Labute approximate surface area is 119 Å². The minimum absolute atomic E-state index is 0. The molecular weight excluding hydrogens is 272 g/mol. The molecule has 0 rings (SSSR count). The molecular formula is C9H19BrMgO2Si. The first-order chi connectivity index (χ1) is 6.60. The molecule has 0 aromatic rings. The molecule has 0 aliphatic carbocycles. The van der Waals surface area contributed by atoms with Crippen LogP contribution in [0.3, 0.4) is 0 Å². The fourth-order valence-electron chi connectivity index (χ4n) is 0.570. The van der Waals surface area contributed by atoms with E-state index in [1.807, 2.05) is 19.6 Å². The van der Waals surface area contributed by atoms with Crippen LogP contribution >= 0.6 is 0 Å². The van der Waals surface area contributed by atoms with E-state index in [4.69, 9.17) is 8.54 Å². The SMILES string of the molecule is [2H]C([2H])([2H])CCC([O-])/C=C/O[Si](C)(C)C.[Br-].[Mg+2]. The van der Waals surface area contributed by atoms with Crippen molar-refractivity contribution < 1.29 is 30.6 Å². The van der Waals surface area contributed by atoms with Crippen LogP contribution in [0, 0.1) is 0 Å². The molecule has 0 fully saturated rings. The summed E-state index contributed by atoms with van der Waals surface area (Å²) >= 11 is 0. The average Bonchev–Trinajstić information content (AvgIpc) is 1.97. The van der Waals surface area contributed by atoms with E-state index in [0.29, 0.717) is 0 Å². The molecule has 0 aliphatic rings. The molecule has 5 heteroatoms. The predicted molar refractivity (Wildman–Crippen MR) is 58.0 cm³/mol. The minimum Gasteiger partial charge on any atom is -1.00 e. The van der Waals surface area contributed by atoms with E-state index in [1.165, 1.54) is 12.3 Å². The van der Waals surface area contributed by atoms with Crippen molar-refractivity contribution in [2.45, 2.75) is 45.4 Å². The standard InChI is InChI=1S/C9H19O2Si.BrH.Mg/c1-5-6-9(10)7-8-11-12(2,3)4;;/h7-9H,5-6H2,1-4H3;1H;/q-1;;+2/p-1/b8-7+;;/i1D3;;. The van der Waals surface area contributed by atoms with Crippen LogP contribution in [0.15, 0.2) is 12.3 Å². The van der Waals surface area contributed by atoms with E-state index in [-0.39, 0.29) is 52.9 Å². The van der Waals surface area contributed by atoms with Crippen molar-refractivity contribution in [2.24, 2.45) is 0 Å². The van der Waals surface area contributed by atoms with Gasteiger partial charge in [0.1, 0.15) is 0 Å². The van der Waals surface area contributed by atoms with E-state index in [2.05, 4.69) is 0 Å². The molecule has 1 unspecified atom stereocenters. The fraction of sp³-hybridized carbons (Fsp3) is 0.778. The van der Waals surface area contributed by atoms with Gasteiger partial charge in [-0.05, 0) is 19.6 Å². The Balaban J connectivity index is -0.000000980. The zero-order valence-corrected chi connectivity index (χ0v) is 13.0. The number of halogens is 1. The maximum Gasteiger partial charge on any atom is 2.00 e. The molecule has 2 nitrogen and oxygen atoms in total. The summed E-state index contributed by atoms with van der Waals surface area (Å²) in [6.45, 7) is 4.04. The second-order valence-corrected chi connectivity index (χ2v) is 8.10. The van der Waals surface area contributed by atoms with Gasteiger partial charge in [-0.25, -0.2) is 0 Å². The van der Waals surface area contributed by atoms with E-state index >= 15 is 0 Å². The molecule has 0 aliphatic heterocycles. The molecule has 0 heterocycles. The monoisotopic (exact) mass is 293 g/mol. The smallest absolute Gasteiger partial charge is 1.00 e. The molecule has 0 bridgehead atoms. The van der Waals surface area contributed by atoms with Gasteiger partial charge in [0.2, 0.25) is 8.32 Å². The van der Waals surface area contributed by atoms with Gasteiger partial charge in [-0.3, -0.25) is 0 Å². The van der Waals surface area contributed by atoms with Crippen LogP contribution in [-0.4, -0.2) is 37.5 Å². The van der Waals surface area contributed by atoms with Gasteiger partial charge in [-0.2, -0.15) is 0 Å². The molecule has 0 aromatic heterocycles. The van der Waals surface area contributed by atoms with Gasteiger partial charge >= 0.3 is 23.1 Å². The third-order valence-electron chi connectivity index (χ3n) is 1.14. The van der Waals surface area contributed by atoms with Gasteiger partial charge in [0.15, 0.2) is 0 Å². The van der Waals surface area contributed by atoms with Crippen LogP contribution in [0.2, 0.25) is 19.6 Å². The molecule has 0 spiro atoms. The molecule has 14 heavy (non-hydrogen) atoms. The summed E-state index contributed by atoms with van der Waals surface area (Å²) in [4.78, 5) is 0. The Bertz CT molecular complexity index is 219. The maximum absolute atomic E-state index is 11.3. The van der Waals surface area contributed by atoms with Gasteiger partial charge in [-0.1, -0.05) is 25.8 Å². The first-order valence-corrected chi connectivity index (χ1v) is 7.51. The van der Waals surface area contributed by atoms with Crippen molar-refractivity contribution in [3.8, 4) is 0 Å². The molecule has 0 amide bonds. The Kier molecular flexibility index (Phi) is 9.75. The molecule has 0 aromatic carbocycles. The van der Waals surface area contributed by atoms with E-state index in [0.717, 1.165) is 0 Å². The van der Waals surface area contributed by atoms with Crippen molar-refractivity contribution in [1.82, 2.24) is 0 Å². The van der Waals surface area contributed by atoms with Crippen molar-refractivity contribution in [1.29, 1.82) is 0 Å². The van der Waals surface area contributed by atoms with Gasteiger partial charge in [0.05, 0.1) is 6.26 Å².